The number of hydroxylamine groups is 1. The molecule has 0 fully saturated rings. The quantitative estimate of drug-likeness (QED) is 0.409. The number of carbonyl (C=O) groups excluding carboxylic acids is 1. The van der Waals surface area contributed by atoms with Crippen LogP contribution < -0.4 is 10.8 Å². The number of aryl methyl sites for hydroxylation is 1. The molecule has 0 atom stereocenters. The highest BCUT2D eigenvalue weighted by Gasteiger charge is 2.27. The minimum atomic E-state index is -0.935. The summed E-state index contributed by atoms with van der Waals surface area (Å²) in [5.41, 5.74) is 2.21. The van der Waals surface area contributed by atoms with Crippen LogP contribution >= 0.6 is 11.6 Å². The van der Waals surface area contributed by atoms with Gasteiger partial charge in [-0.1, -0.05) is 31.5 Å². The maximum absolute atomic E-state index is 14.9. The van der Waals surface area contributed by atoms with Gasteiger partial charge in [-0.05, 0) is 24.6 Å². The topological polar surface area (TPSA) is 87.9 Å². The molecule has 3 N–H and O–H groups in total. The fourth-order valence-corrected chi connectivity index (χ4v) is 2.74. The Labute approximate surface area is 171 Å². The highest BCUT2D eigenvalue weighted by molar-refractivity contribution is 6.34. The Morgan fingerprint density at radius 3 is 2.72 bits per heavy atom. The number of halogens is 3. The molecule has 0 saturated carbocycles. The van der Waals surface area contributed by atoms with Gasteiger partial charge in [0.05, 0.1) is 23.9 Å². The summed E-state index contributed by atoms with van der Waals surface area (Å²) in [4.78, 5) is 21.0. The molecule has 2 aromatic heterocycles. The van der Waals surface area contributed by atoms with Crippen molar-refractivity contribution in [1.82, 2.24) is 14.9 Å². The summed E-state index contributed by atoms with van der Waals surface area (Å²) in [6, 6.07) is 4.42. The Morgan fingerprint density at radius 2 is 2.07 bits per heavy atom. The average molecular weight is 427 g/mol. The van der Waals surface area contributed by atoms with Crippen LogP contribution in [0.25, 0.3) is 5.52 Å². The fourth-order valence-electron chi connectivity index (χ4n) is 2.51. The van der Waals surface area contributed by atoms with Gasteiger partial charge in [0.1, 0.15) is 29.0 Å². The number of nitrogens with zero attached hydrogens (tertiary/aromatic N) is 2. The molecule has 7 nitrogen and oxygen atoms in total. The number of rotatable bonds is 6. The minimum absolute atomic E-state index is 0.0299. The predicted molar refractivity (Wildman–Crippen MR) is 106 cm³/mol. The Morgan fingerprint density at radius 1 is 1.34 bits per heavy atom. The number of hydrogen-bond donors (Lipinski definition) is 3. The van der Waals surface area contributed by atoms with E-state index in [0.717, 1.165) is 0 Å². The van der Waals surface area contributed by atoms with Gasteiger partial charge in [-0.25, -0.2) is 19.2 Å². The number of aliphatic hydroxyl groups excluding tert-OH is 1. The summed E-state index contributed by atoms with van der Waals surface area (Å²) in [7, 11) is 0. The molecule has 0 aliphatic rings. The lowest BCUT2D eigenvalue weighted by Crippen LogP contribution is -2.26. The maximum atomic E-state index is 14.9. The molecule has 156 valence electrons. The Hall–Kier alpha value is -2.75. The van der Waals surface area contributed by atoms with Crippen LogP contribution in [-0.2, 0) is 4.84 Å². The number of aliphatic hydroxyl groups is 1. The smallest absolute Gasteiger partial charge is 0.281 e. The van der Waals surface area contributed by atoms with E-state index in [0.29, 0.717) is 5.56 Å². The van der Waals surface area contributed by atoms with Crippen LogP contribution in [0.5, 0.6) is 0 Å². The van der Waals surface area contributed by atoms with E-state index in [-0.39, 0.29) is 35.3 Å². The SMILES string of the molecule is CC.Cc1ccc(Nc2c(C(=O)NOCCO)c(F)c3c(Cl)cncn23)c(F)c1. The molecule has 0 spiro atoms. The third-order valence-corrected chi connectivity index (χ3v) is 3.98. The third-order valence-electron chi connectivity index (χ3n) is 3.71. The van der Waals surface area contributed by atoms with Crippen molar-refractivity contribution in [1.29, 1.82) is 0 Å². The number of hydrogen-bond acceptors (Lipinski definition) is 5. The van der Waals surface area contributed by atoms with Crippen LogP contribution in [0.3, 0.4) is 0 Å². The van der Waals surface area contributed by atoms with Crippen molar-refractivity contribution >= 4 is 34.5 Å². The zero-order chi connectivity index (χ0) is 21.6. The Balaban J connectivity index is 0.00000145. The average Bonchev–Trinajstić information content (AvgIpc) is 2.98. The first kappa shape index (κ1) is 22.5. The predicted octanol–water partition coefficient (Wildman–Crippen LogP) is 4.00. The van der Waals surface area contributed by atoms with Gasteiger partial charge in [-0.3, -0.25) is 14.0 Å². The number of amides is 1. The van der Waals surface area contributed by atoms with Crippen LogP contribution in [0, 0.1) is 18.6 Å². The number of anilines is 2. The molecule has 0 radical (unpaired) electrons. The summed E-state index contributed by atoms with van der Waals surface area (Å²) in [5, 5.41) is 11.4. The van der Waals surface area contributed by atoms with E-state index in [2.05, 4.69) is 10.3 Å². The first-order valence-corrected chi connectivity index (χ1v) is 9.21. The van der Waals surface area contributed by atoms with E-state index >= 15 is 0 Å². The van der Waals surface area contributed by atoms with E-state index in [4.69, 9.17) is 21.5 Å². The van der Waals surface area contributed by atoms with E-state index < -0.39 is 23.1 Å². The van der Waals surface area contributed by atoms with Crippen molar-refractivity contribution < 1.29 is 23.5 Å². The molecule has 0 unspecified atom stereocenters. The molecule has 0 aliphatic heterocycles. The second-order valence-electron chi connectivity index (χ2n) is 5.61. The van der Waals surface area contributed by atoms with Crippen LogP contribution in [0.2, 0.25) is 5.02 Å². The highest BCUT2D eigenvalue weighted by atomic mass is 35.5. The normalized spacial score (nSPS) is 10.4. The molecule has 1 amide bonds. The highest BCUT2D eigenvalue weighted by Crippen LogP contribution is 2.33. The Kier molecular flexibility index (Phi) is 7.89. The van der Waals surface area contributed by atoms with Crippen molar-refractivity contribution in [2.24, 2.45) is 0 Å². The molecule has 0 bridgehead atoms. The van der Waals surface area contributed by atoms with Gasteiger partial charge in [0.25, 0.3) is 5.91 Å². The number of benzene rings is 1. The van der Waals surface area contributed by atoms with E-state index in [1.807, 2.05) is 19.3 Å². The number of aromatic nitrogens is 2. The molecular formula is C19H21ClF2N4O3. The van der Waals surface area contributed by atoms with Crippen molar-refractivity contribution in [3.63, 3.8) is 0 Å². The second kappa shape index (κ2) is 10.1. The minimum Gasteiger partial charge on any atom is -0.394 e. The first-order valence-electron chi connectivity index (χ1n) is 8.83. The van der Waals surface area contributed by atoms with Gasteiger partial charge in [0, 0.05) is 6.20 Å². The molecule has 10 heteroatoms. The largest absolute Gasteiger partial charge is 0.394 e. The molecule has 0 saturated heterocycles. The molecule has 1 aromatic carbocycles. The van der Waals surface area contributed by atoms with Crippen molar-refractivity contribution in [3.05, 3.63) is 58.5 Å². The Bertz CT molecular complexity index is 1010. The molecule has 3 aromatic rings. The molecule has 0 aliphatic carbocycles. The van der Waals surface area contributed by atoms with Gasteiger partial charge >= 0.3 is 0 Å². The van der Waals surface area contributed by atoms with Crippen LogP contribution in [0.4, 0.5) is 20.3 Å². The lowest BCUT2D eigenvalue weighted by molar-refractivity contribution is 0.0166. The summed E-state index contributed by atoms with van der Waals surface area (Å²) in [6.07, 6.45) is 2.46. The standard InChI is InChI=1S/C17H15ClF2N4O3.C2H6/c1-9-2-3-12(11(19)6-9)22-16-13(17(26)23-27-5-4-25)14(20)15-10(18)7-21-8-24(15)16;1-2/h2-3,6-8,22,25H,4-5H2,1H3,(H,23,26);1-2H3. The summed E-state index contributed by atoms with van der Waals surface area (Å²) in [6.45, 7) is 5.20. The van der Waals surface area contributed by atoms with E-state index in [9.17, 15) is 13.6 Å². The van der Waals surface area contributed by atoms with Crippen LogP contribution in [0.15, 0.2) is 30.7 Å². The van der Waals surface area contributed by atoms with Gasteiger partial charge in [-0.2, -0.15) is 0 Å². The zero-order valence-corrected chi connectivity index (χ0v) is 16.8. The first-order chi connectivity index (χ1) is 13.9. The van der Waals surface area contributed by atoms with E-state index in [1.165, 1.54) is 29.1 Å². The van der Waals surface area contributed by atoms with Crippen LogP contribution in [0.1, 0.15) is 29.8 Å². The summed E-state index contributed by atoms with van der Waals surface area (Å²) in [5.74, 6) is -2.52. The number of fused-ring (bicyclic) bond motifs is 1. The van der Waals surface area contributed by atoms with Gasteiger partial charge < -0.3 is 10.4 Å². The summed E-state index contributed by atoms with van der Waals surface area (Å²) < 4.78 is 30.4. The molecule has 2 heterocycles. The molecular weight excluding hydrogens is 406 g/mol. The molecule has 3 rings (SSSR count). The lowest BCUT2D eigenvalue weighted by atomic mass is 10.2. The fraction of sp³-hybridized carbons (Fsp3) is 0.263. The van der Waals surface area contributed by atoms with Crippen molar-refractivity contribution in [2.45, 2.75) is 20.8 Å². The van der Waals surface area contributed by atoms with Gasteiger partial charge in [0.2, 0.25) is 0 Å². The van der Waals surface area contributed by atoms with Crippen LogP contribution in [-0.4, -0.2) is 33.6 Å². The van der Waals surface area contributed by atoms with Crippen molar-refractivity contribution in [3.8, 4) is 0 Å². The monoisotopic (exact) mass is 426 g/mol. The second-order valence-corrected chi connectivity index (χ2v) is 6.02. The van der Waals surface area contributed by atoms with Gasteiger partial charge in [0.15, 0.2) is 5.82 Å². The number of carbonyl (C=O) groups is 1. The van der Waals surface area contributed by atoms with Gasteiger partial charge in [-0.15, -0.1) is 0 Å². The van der Waals surface area contributed by atoms with E-state index in [1.54, 1.807) is 13.0 Å². The number of nitrogens with one attached hydrogen (secondary N) is 2. The maximum Gasteiger partial charge on any atom is 0.281 e. The molecule has 29 heavy (non-hydrogen) atoms. The third kappa shape index (κ3) is 4.81. The lowest BCUT2D eigenvalue weighted by Gasteiger charge is -2.11. The zero-order valence-electron chi connectivity index (χ0n) is 16.1. The van der Waals surface area contributed by atoms with Crippen molar-refractivity contribution in [2.75, 3.05) is 18.5 Å². The summed E-state index contributed by atoms with van der Waals surface area (Å²) >= 11 is 6.01.